The van der Waals surface area contributed by atoms with Crippen LogP contribution in [-0.4, -0.2) is 28.0 Å². The van der Waals surface area contributed by atoms with Crippen molar-refractivity contribution in [2.24, 2.45) is 0 Å². The molecule has 0 saturated carbocycles. The number of rotatable bonds is 8. The van der Waals surface area contributed by atoms with Gasteiger partial charge in [0.2, 0.25) is 15.9 Å². The molecule has 0 unspecified atom stereocenters. The van der Waals surface area contributed by atoms with Gasteiger partial charge in [0.15, 0.2) is 0 Å². The second-order valence-corrected chi connectivity index (χ2v) is 7.32. The van der Waals surface area contributed by atoms with Gasteiger partial charge in [-0.05, 0) is 25.1 Å². The Hall–Kier alpha value is -2.38. The molecular formula is C18H22N2O4S. The first-order valence-corrected chi connectivity index (χ1v) is 9.35. The van der Waals surface area contributed by atoms with E-state index in [0.717, 1.165) is 11.1 Å². The van der Waals surface area contributed by atoms with Crippen molar-refractivity contribution in [2.45, 2.75) is 24.8 Å². The molecule has 2 N–H and O–H groups in total. The summed E-state index contributed by atoms with van der Waals surface area (Å²) >= 11 is 0. The average Bonchev–Trinajstić information content (AvgIpc) is 2.60. The third kappa shape index (κ3) is 5.58. The first-order valence-electron chi connectivity index (χ1n) is 7.87. The number of hydrogen-bond donors (Lipinski definition) is 2. The van der Waals surface area contributed by atoms with Crippen molar-refractivity contribution in [3.8, 4) is 5.75 Å². The number of amides is 1. The van der Waals surface area contributed by atoms with E-state index in [1.54, 1.807) is 31.4 Å². The largest absolute Gasteiger partial charge is 0.496 e. The molecule has 0 radical (unpaired) electrons. The van der Waals surface area contributed by atoms with E-state index < -0.39 is 10.0 Å². The molecule has 6 nitrogen and oxygen atoms in total. The molecule has 0 atom stereocenters. The molecular weight excluding hydrogens is 340 g/mol. The van der Waals surface area contributed by atoms with E-state index in [-0.39, 0.29) is 23.8 Å². The minimum absolute atomic E-state index is 0.0357. The summed E-state index contributed by atoms with van der Waals surface area (Å²) in [4.78, 5) is 12.1. The maximum atomic E-state index is 12.1. The number of sulfonamides is 1. The van der Waals surface area contributed by atoms with Crippen molar-refractivity contribution in [1.29, 1.82) is 0 Å². The fourth-order valence-electron chi connectivity index (χ4n) is 2.23. The average molecular weight is 362 g/mol. The van der Waals surface area contributed by atoms with Crippen LogP contribution in [0, 0.1) is 6.92 Å². The van der Waals surface area contributed by atoms with Crippen molar-refractivity contribution in [2.75, 3.05) is 13.7 Å². The Bertz CT molecular complexity index is 817. The van der Waals surface area contributed by atoms with Gasteiger partial charge in [0.05, 0.1) is 12.0 Å². The van der Waals surface area contributed by atoms with E-state index in [9.17, 15) is 13.2 Å². The lowest BCUT2D eigenvalue weighted by atomic mass is 10.2. The second-order valence-electron chi connectivity index (χ2n) is 5.55. The van der Waals surface area contributed by atoms with Gasteiger partial charge >= 0.3 is 0 Å². The van der Waals surface area contributed by atoms with Crippen molar-refractivity contribution in [3.05, 3.63) is 59.7 Å². The number of para-hydroxylation sites is 1. The Kier molecular flexibility index (Phi) is 6.55. The highest BCUT2D eigenvalue weighted by molar-refractivity contribution is 7.89. The SMILES string of the molecule is COc1ccccc1CNC(=O)CCNS(=O)(=O)c1ccc(C)cc1. The molecule has 0 heterocycles. The summed E-state index contributed by atoms with van der Waals surface area (Å²) in [5.74, 6) is 0.459. The van der Waals surface area contributed by atoms with E-state index >= 15 is 0 Å². The molecule has 0 fully saturated rings. The molecule has 25 heavy (non-hydrogen) atoms. The highest BCUT2D eigenvalue weighted by Crippen LogP contribution is 2.16. The van der Waals surface area contributed by atoms with Crippen LogP contribution in [0.4, 0.5) is 0 Å². The summed E-state index contributed by atoms with van der Waals surface area (Å²) in [6.45, 7) is 2.25. The Morgan fingerprint density at radius 2 is 1.76 bits per heavy atom. The summed E-state index contributed by atoms with van der Waals surface area (Å²) in [7, 11) is -2.03. The lowest BCUT2D eigenvalue weighted by Crippen LogP contribution is -2.30. The number of ether oxygens (including phenoxy) is 1. The zero-order valence-corrected chi connectivity index (χ0v) is 15.1. The zero-order valence-electron chi connectivity index (χ0n) is 14.3. The minimum atomic E-state index is -3.60. The number of methoxy groups -OCH3 is 1. The van der Waals surface area contributed by atoms with Crippen LogP contribution in [0.2, 0.25) is 0 Å². The number of nitrogens with one attached hydrogen (secondary N) is 2. The summed E-state index contributed by atoms with van der Waals surface area (Å²) < 4.78 is 31.9. The molecule has 2 aromatic rings. The summed E-state index contributed by atoms with van der Waals surface area (Å²) in [6.07, 6.45) is 0.0558. The van der Waals surface area contributed by atoms with Gasteiger partial charge in [-0.25, -0.2) is 13.1 Å². The second kappa shape index (κ2) is 8.64. The molecule has 0 aliphatic carbocycles. The number of benzene rings is 2. The van der Waals surface area contributed by atoms with Crippen LogP contribution in [0.3, 0.4) is 0 Å². The van der Waals surface area contributed by atoms with Crippen molar-refractivity contribution < 1.29 is 17.9 Å². The summed E-state index contributed by atoms with van der Waals surface area (Å²) in [5.41, 5.74) is 1.84. The zero-order chi connectivity index (χ0) is 18.3. The topological polar surface area (TPSA) is 84.5 Å². The molecule has 0 spiro atoms. The first-order chi connectivity index (χ1) is 11.9. The third-order valence-electron chi connectivity index (χ3n) is 3.64. The molecule has 0 saturated heterocycles. The van der Waals surface area contributed by atoms with Crippen LogP contribution in [0.15, 0.2) is 53.4 Å². The lowest BCUT2D eigenvalue weighted by Gasteiger charge is -2.10. The standard InChI is InChI=1S/C18H22N2O4S/c1-14-7-9-16(10-8-14)25(22,23)20-12-11-18(21)19-13-15-5-3-4-6-17(15)24-2/h3-10,20H,11-13H2,1-2H3,(H,19,21). The van der Waals surface area contributed by atoms with Gasteiger partial charge in [0.1, 0.15) is 5.75 Å². The monoisotopic (exact) mass is 362 g/mol. The smallest absolute Gasteiger partial charge is 0.240 e. The van der Waals surface area contributed by atoms with Crippen LogP contribution in [0.1, 0.15) is 17.5 Å². The number of carbonyl (C=O) groups excluding carboxylic acids is 1. The molecule has 134 valence electrons. The normalized spacial score (nSPS) is 11.1. The fraction of sp³-hybridized carbons (Fsp3) is 0.278. The van der Waals surface area contributed by atoms with E-state index in [1.165, 1.54) is 0 Å². The predicted molar refractivity (Wildman–Crippen MR) is 95.8 cm³/mol. The van der Waals surface area contributed by atoms with Gasteiger partial charge < -0.3 is 10.1 Å². The van der Waals surface area contributed by atoms with Gasteiger partial charge in [-0.3, -0.25) is 4.79 Å². The third-order valence-corrected chi connectivity index (χ3v) is 5.12. The Morgan fingerprint density at radius 1 is 1.08 bits per heavy atom. The summed E-state index contributed by atoms with van der Waals surface area (Å²) in [5, 5.41) is 2.75. The van der Waals surface area contributed by atoms with Crippen LogP contribution in [0.5, 0.6) is 5.75 Å². The Morgan fingerprint density at radius 3 is 2.44 bits per heavy atom. The Balaban J connectivity index is 1.81. The minimum Gasteiger partial charge on any atom is -0.496 e. The van der Waals surface area contributed by atoms with Gasteiger partial charge in [0.25, 0.3) is 0 Å². The first kappa shape index (κ1) is 19.0. The van der Waals surface area contributed by atoms with Gasteiger partial charge in [-0.15, -0.1) is 0 Å². The van der Waals surface area contributed by atoms with Crippen LogP contribution >= 0.6 is 0 Å². The molecule has 1 amide bonds. The summed E-state index contributed by atoms with van der Waals surface area (Å²) in [6, 6.07) is 13.9. The highest BCUT2D eigenvalue weighted by atomic mass is 32.2. The molecule has 2 aromatic carbocycles. The number of carbonyl (C=O) groups is 1. The maximum absolute atomic E-state index is 12.1. The fourth-order valence-corrected chi connectivity index (χ4v) is 3.26. The lowest BCUT2D eigenvalue weighted by molar-refractivity contribution is -0.121. The quantitative estimate of drug-likeness (QED) is 0.752. The Labute approximate surface area is 148 Å². The van der Waals surface area contributed by atoms with Gasteiger partial charge in [-0.1, -0.05) is 35.9 Å². The van der Waals surface area contributed by atoms with Crippen LogP contribution < -0.4 is 14.8 Å². The highest BCUT2D eigenvalue weighted by Gasteiger charge is 2.14. The van der Waals surface area contributed by atoms with Crippen molar-refractivity contribution >= 4 is 15.9 Å². The van der Waals surface area contributed by atoms with Crippen LogP contribution in [-0.2, 0) is 21.4 Å². The molecule has 2 rings (SSSR count). The number of aryl methyl sites for hydroxylation is 1. The predicted octanol–water partition coefficient (Wildman–Crippen LogP) is 1.99. The molecule has 0 bridgehead atoms. The van der Waals surface area contributed by atoms with Crippen molar-refractivity contribution in [3.63, 3.8) is 0 Å². The van der Waals surface area contributed by atoms with Crippen LogP contribution in [0.25, 0.3) is 0 Å². The molecule has 0 aliphatic rings. The van der Waals surface area contributed by atoms with Crippen molar-refractivity contribution in [1.82, 2.24) is 10.0 Å². The van der Waals surface area contributed by atoms with E-state index in [0.29, 0.717) is 12.3 Å². The maximum Gasteiger partial charge on any atom is 0.240 e. The van der Waals surface area contributed by atoms with Gasteiger partial charge in [-0.2, -0.15) is 0 Å². The molecule has 0 aromatic heterocycles. The molecule has 0 aliphatic heterocycles. The number of hydrogen-bond acceptors (Lipinski definition) is 4. The van der Waals surface area contributed by atoms with Gasteiger partial charge in [0, 0.05) is 25.1 Å². The molecule has 7 heteroatoms. The van der Waals surface area contributed by atoms with E-state index in [1.807, 2.05) is 31.2 Å². The van der Waals surface area contributed by atoms with E-state index in [2.05, 4.69) is 10.0 Å². The van der Waals surface area contributed by atoms with E-state index in [4.69, 9.17) is 4.74 Å².